The zero-order chi connectivity index (χ0) is 20.2. The number of piperidine rings is 1. The third-order valence-electron chi connectivity index (χ3n) is 4.97. The summed E-state index contributed by atoms with van der Waals surface area (Å²) in [5, 5.41) is 0. The molecule has 0 atom stereocenters. The average Bonchev–Trinajstić information content (AvgIpc) is 2.60. The highest BCUT2D eigenvalue weighted by Gasteiger charge is 2.29. The van der Waals surface area contributed by atoms with E-state index >= 15 is 0 Å². The van der Waals surface area contributed by atoms with E-state index in [0.29, 0.717) is 19.5 Å². The van der Waals surface area contributed by atoms with E-state index in [0.717, 1.165) is 23.7 Å². The molecule has 0 spiro atoms. The molecule has 0 radical (unpaired) electrons. The number of aryl methyl sites for hydroxylation is 2. The number of nitrogens with zero attached hydrogens (tertiary/aromatic N) is 2. The molecule has 0 N–H and O–H groups in total. The topological polar surface area (TPSA) is 49.9 Å². The number of benzene rings is 1. The summed E-state index contributed by atoms with van der Waals surface area (Å²) in [5.41, 5.74) is 1.92. The predicted octanol–water partition coefficient (Wildman–Crippen LogP) is 4.55. The summed E-state index contributed by atoms with van der Waals surface area (Å²) in [5.74, 6) is 0.188. The molecule has 1 aromatic rings. The first kappa shape index (κ1) is 21.7. The van der Waals surface area contributed by atoms with Gasteiger partial charge in [-0.25, -0.2) is 4.79 Å². The molecule has 0 bridgehead atoms. The minimum absolute atomic E-state index is 0.122. The molecule has 1 heterocycles. The molecule has 1 aliphatic heterocycles. The lowest BCUT2D eigenvalue weighted by Gasteiger charge is -2.37. The molecule has 27 heavy (non-hydrogen) atoms. The fraction of sp³-hybridized carbons (Fsp3) is 0.619. The molecule has 1 saturated heterocycles. The molecule has 1 aromatic carbocycles. The molecule has 1 fully saturated rings. The molecule has 6 heteroatoms. The second-order valence-electron chi connectivity index (χ2n) is 8.27. The summed E-state index contributed by atoms with van der Waals surface area (Å²) in [6, 6.07) is 6.30. The van der Waals surface area contributed by atoms with Gasteiger partial charge in [0.1, 0.15) is 5.60 Å². The van der Waals surface area contributed by atoms with E-state index in [9.17, 15) is 9.59 Å². The van der Waals surface area contributed by atoms with Gasteiger partial charge in [-0.05, 0) is 70.2 Å². The van der Waals surface area contributed by atoms with Crippen molar-refractivity contribution in [3.63, 3.8) is 0 Å². The van der Waals surface area contributed by atoms with Crippen LogP contribution in [0.15, 0.2) is 22.7 Å². The Hall–Kier alpha value is -1.56. The first-order chi connectivity index (χ1) is 12.6. The summed E-state index contributed by atoms with van der Waals surface area (Å²) in [6.07, 6.45) is 2.55. The lowest BCUT2D eigenvalue weighted by atomic mass is 10.0. The molecule has 5 nitrogen and oxygen atoms in total. The zero-order valence-corrected chi connectivity index (χ0v) is 18.6. The van der Waals surface area contributed by atoms with Crippen LogP contribution < -0.4 is 0 Å². The average molecular weight is 439 g/mol. The van der Waals surface area contributed by atoms with Crippen molar-refractivity contribution >= 4 is 27.9 Å². The second-order valence-corrected chi connectivity index (χ2v) is 9.19. The van der Waals surface area contributed by atoms with Gasteiger partial charge in [0.25, 0.3) is 0 Å². The van der Waals surface area contributed by atoms with Gasteiger partial charge in [-0.15, -0.1) is 0 Å². The predicted molar refractivity (Wildman–Crippen MR) is 111 cm³/mol. The van der Waals surface area contributed by atoms with E-state index in [1.54, 1.807) is 11.9 Å². The van der Waals surface area contributed by atoms with Crippen LogP contribution in [0.3, 0.4) is 0 Å². The van der Waals surface area contributed by atoms with Crippen LogP contribution in [0.25, 0.3) is 0 Å². The minimum Gasteiger partial charge on any atom is -0.444 e. The second kappa shape index (κ2) is 9.09. The maximum Gasteiger partial charge on any atom is 0.410 e. The van der Waals surface area contributed by atoms with Gasteiger partial charge in [0.2, 0.25) is 5.91 Å². The van der Waals surface area contributed by atoms with Crippen LogP contribution in [-0.2, 0) is 16.0 Å². The fourth-order valence-corrected chi connectivity index (χ4v) is 3.70. The van der Waals surface area contributed by atoms with Gasteiger partial charge in [0, 0.05) is 37.1 Å². The maximum absolute atomic E-state index is 12.6. The molecule has 1 aliphatic rings. The molecule has 150 valence electrons. The molecular weight excluding hydrogens is 408 g/mol. The normalized spacial score (nSPS) is 15.6. The Labute approximate surface area is 171 Å². The van der Waals surface area contributed by atoms with Crippen LogP contribution in [-0.4, -0.2) is 53.6 Å². The Morgan fingerprint density at radius 2 is 1.89 bits per heavy atom. The third-order valence-corrected chi connectivity index (χ3v) is 5.46. The first-order valence-corrected chi connectivity index (χ1v) is 10.3. The number of halogens is 1. The quantitative estimate of drug-likeness (QED) is 0.692. The number of ether oxygens (including phenoxy) is 1. The number of amides is 2. The van der Waals surface area contributed by atoms with Crippen molar-refractivity contribution in [1.29, 1.82) is 0 Å². The number of rotatable bonds is 4. The van der Waals surface area contributed by atoms with Gasteiger partial charge >= 0.3 is 6.09 Å². The minimum atomic E-state index is -0.493. The van der Waals surface area contributed by atoms with Crippen LogP contribution in [0.2, 0.25) is 0 Å². The molecule has 2 rings (SSSR count). The highest BCUT2D eigenvalue weighted by molar-refractivity contribution is 9.10. The third kappa shape index (κ3) is 6.52. The van der Waals surface area contributed by atoms with E-state index in [4.69, 9.17) is 4.74 Å². The van der Waals surface area contributed by atoms with Crippen molar-refractivity contribution in [3.05, 3.63) is 33.8 Å². The standard InChI is InChI=1S/C21H31BrN2O3/c1-15-6-8-17(22)14-16(15)7-9-19(25)24-12-10-18(11-13-24)23(5)20(26)27-21(2,3)4/h6,8,14,18H,7,9-13H2,1-5H3. The SMILES string of the molecule is Cc1ccc(Br)cc1CCC(=O)N1CCC(N(C)C(=O)OC(C)(C)C)CC1. The van der Waals surface area contributed by atoms with Gasteiger partial charge in [-0.3, -0.25) is 4.79 Å². The summed E-state index contributed by atoms with van der Waals surface area (Å²) >= 11 is 3.49. The first-order valence-electron chi connectivity index (χ1n) is 9.55. The van der Waals surface area contributed by atoms with E-state index in [1.165, 1.54) is 11.1 Å². The number of carbonyl (C=O) groups is 2. The summed E-state index contributed by atoms with van der Waals surface area (Å²) in [4.78, 5) is 28.4. The van der Waals surface area contributed by atoms with Crippen LogP contribution in [0.1, 0.15) is 51.2 Å². The number of hydrogen-bond acceptors (Lipinski definition) is 3. The van der Waals surface area contributed by atoms with Crippen molar-refractivity contribution in [3.8, 4) is 0 Å². The summed E-state index contributed by atoms with van der Waals surface area (Å²) < 4.78 is 6.48. The number of likely N-dealkylation sites (tertiary alicyclic amines) is 1. The van der Waals surface area contributed by atoms with Crippen LogP contribution in [0.5, 0.6) is 0 Å². The highest BCUT2D eigenvalue weighted by atomic mass is 79.9. The van der Waals surface area contributed by atoms with Crippen molar-refractivity contribution in [1.82, 2.24) is 9.80 Å². The van der Waals surface area contributed by atoms with Crippen molar-refractivity contribution in [2.75, 3.05) is 20.1 Å². The van der Waals surface area contributed by atoms with Crippen molar-refractivity contribution < 1.29 is 14.3 Å². The van der Waals surface area contributed by atoms with Crippen molar-refractivity contribution in [2.45, 2.75) is 65.0 Å². The highest BCUT2D eigenvalue weighted by Crippen LogP contribution is 2.21. The van der Waals surface area contributed by atoms with Crippen LogP contribution in [0.4, 0.5) is 4.79 Å². The van der Waals surface area contributed by atoms with Crippen LogP contribution in [0, 0.1) is 6.92 Å². The Balaban J connectivity index is 1.81. The Kier molecular flexibility index (Phi) is 7.32. The Morgan fingerprint density at radius 3 is 2.48 bits per heavy atom. The lowest BCUT2D eigenvalue weighted by Crippen LogP contribution is -2.48. The molecule has 0 aliphatic carbocycles. The maximum atomic E-state index is 12.6. The summed E-state index contributed by atoms with van der Waals surface area (Å²) in [7, 11) is 1.78. The number of hydrogen-bond donors (Lipinski definition) is 0. The largest absolute Gasteiger partial charge is 0.444 e. The fourth-order valence-electron chi connectivity index (χ4n) is 3.29. The monoisotopic (exact) mass is 438 g/mol. The number of carbonyl (C=O) groups excluding carboxylic acids is 2. The van der Waals surface area contributed by atoms with Gasteiger partial charge in [0.15, 0.2) is 0 Å². The Morgan fingerprint density at radius 1 is 1.26 bits per heavy atom. The van der Waals surface area contributed by atoms with Crippen molar-refractivity contribution in [2.24, 2.45) is 0 Å². The van der Waals surface area contributed by atoms with Gasteiger partial charge < -0.3 is 14.5 Å². The van der Waals surface area contributed by atoms with E-state index in [2.05, 4.69) is 35.0 Å². The zero-order valence-electron chi connectivity index (χ0n) is 17.0. The van der Waals surface area contributed by atoms with E-state index in [1.807, 2.05) is 31.7 Å². The van der Waals surface area contributed by atoms with Crippen LogP contribution >= 0.6 is 15.9 Å². The molecule has 0 unspecified atom stereocenters. The molecular formula is C21H31BrN2O3. The molecule has 2 amide bonds. The molecule has 0 saturated carbocycles. The summed E-state index contributed by atoms with van der Waals surface area (Å²) in [6.45, 7) is 9.06. The van der Waals surface area contributed by atoms with E-state index in [-0.39, 0.29) is 18.0 Å². The van der Waals surface area contributed by atoms with Gasteiger partial charge in [-0.1, -0.05) is 22.0 Å². The van der Waals surface area contributed by atoms with E-state index < -0.39 is 5.60 Å². The van der Waals surface area contributed by atoms with Gasteiger partial charge in [0.05, 0.1) is 0 Å². The molecule has 0 aromatic heterocycles. The Bertz CT molecular complexity index is 676. The lowest BCUT2D eigenvalue weighted by molar-refractivity contribution is -0.132. The van der Waals surface area contributed by atoms with Gasteiger partial charge in [-0.2, -0.15) is 0 Å². The smallest absolute Gasteiger partial charge is 0.410 e.